The van der Waals surface area contributed by atoms with E-state index in [1.807, 2.05) is 30.3 Å². The molecule has 0 saturated carbocycles. The van der Waals surface area contributed by atoms with Crippen molar-refractivity contribution in [3.63, 3.8) is 0 Å². The third-order valence-corrected chi connectivity index (χ3v) is 5.64. The lowest BCUT2D eigenvalue weighted by molar-refractivity contribution is -0.123. The lowest BCUT2D eigenvalue weighted by Gasteiger charge is -2.24. The Morgan fingerprint density at radius 1 is 1.23 bits per heavy atom. The van der Waals surface area contributed by atoms with Gasteiger partial charge in [-0.2, -0.15) is 0 Å². The fraction of sp³-hybridized carbons (Fsp3) is 0.556. The van der Waals surface area contributed by atoms with Crippen LogP contribution in [0.4, 0.5) is 4.79 Å². The van der Waals surface area contributed by atoms with Gasteiger partial charge in [-0.25, -0.2) is 13.2 Å². The average Bonchev–Trinajstić information content (AvgIpc) is 2.84. The Morgan fingerprint density at radius 3 is 2.42 bits per heavy atom. The van der Waals surface area contributed by atoms with Gasteiger partial charge in [-0.3, -0.25) is 4.79 Å². The van der Waals surface area contributed by atoms with Crippen LogP contribution in [0.25, 0.3) is 0 Å². The molecule has 0 aliphatic carbocycles. The standard InChI is InChI=1S/C18H26N2O5S/c1-18(2,3)25-17(22)20-15(11-13-7-5-4-6-8-13)16(21)19-14-9-10-26(23,24)12-14/h4-8,14-15H,9-12H2,1-3H3,(H,19,21)(H,20,22). The number of amides is 2. The number of hydrogen-bond acceptors (Lipinski definition) is 5. The highest BCUT2D eigenvalue weighted by Crippen LogP contribution is 2.13. The van der Waals surface area contributed by atoms with Gasteiger partial charge < -0.3 is 15.4 Å². The Balaban J connectivity index is 2.06. The highest BCUT2D eigenvalue weighted by molar-refractivity contribution is 7.91. The molecule has 1 fully saturated rings. The molecule has 1 aliphatic rings. The van der Waals surface area contributed by atoms with Crippen LogP contribution in [0.3, 0.4) is 0 Å². The van der Waals surface area contributed by atoms with Gasteiger partial charge in [-0.15, -0.1) is 0 Å². The van der Waals surface area contributed by atoms with Crippen molar-refractivity contribution in [1.82, 2.24) is 10.6 Å². The van der Waals surface area contributed by atoms with E-state index >= 15 is 0 Å². The number of sulfone groups is 1. The first-order valence-electron chi connectivity index (χ1n) is 8.58. The molecule has 1 heterocycles. The van der Waals surface area contributed by atoms with Gasteiger partial charge >= 0.3 is 6.09 Å². The van der Waals surface area contributed by atoms with Crippen molar-refractivity contribution in [1.29, 1.82) is 0 Å². The SMILES string of the molecule is CC(C)(C)OC(=O)NC(Cc1ccccc1)C(=O)NC1CCS(=O)(=O)C1. The van der Waals surface area contributed by atoms with Crippen LogP contribution in [0.1, 0.15) is 32.8 Å². The first-order chi connectivity index (χ1) is 12.0. The molecular formula is C18H26N2O5S. The Kier molecular flexibility index (Phi) is 6.28. The number of hydrogen-bond donors (Lipinski definition) is 2. The van der Waals surface area contributed by atoms with Crippen LogP contribution in [0.15, 0.2) is 30.3 Å². The van der Waals surface area contributed by atoms with Crippen LogP contribution in [0.2, 0.25) is 0 Å². The Labute approximate surface area is 154 Å². The molecule has 1 aromatic carbocycles. The molecule has 2 atom stereocenters. The van der Waals surface area contributed by atoms with E-state index in [9.17, 15) is 18.0 Å². The number of benzene rings is 1. The minimum atomic E-state index is -3.10. The maximum atomic E-state index is 12.6. The molecule has 2 unspecified atom stereocenters. The van der Waals surface area contributed by atoms with E-state index < -0.39 is 39.5 Å². The van der Waals surface area contributed by atoms with E-state index in [0.29, 0.717) is 6.42 Å². The number of carbonyl (C=O) groups is 2. The minimum Gasteiger partial charge on any atom is -0.444 e. The Bertz CT molecular complexity index is 741. The summed E-state index contributed by atoms with van der Waals surface area (Å²) in [5.74, 6) is -0.411. The van der Waals surface area contributed by atoms with E-state index in [0.717, 1.165) is 5.56 Å². The summed E-state index contributed by atoms with van der Waals surface area (Å²) >= 11 is 0. The molecule has 26 heavy (non-hydrogen) atoms. The summed E-state index contributed by atoms with van der Waals surface area (Å²) < 4.78 is 28.4. The summed E-state index contributed by atoms with van der Waals surface area (Å²) in [5, 5.41) is 5.33. The molecule has 1 aliphatic heterocycles. The third kappa shape index (κ3) is 6.67. The number of carbonyl (C=O) groups excluding carboxylic acids is 2. The van der Waals surface area contributed by atoms with Crippen LogP contribution in [-0.4, -0.2) is 49.6 Å². The van der Waals surface area contributed by atoms with Crippen LogP contribution >= 0.6 is 0 Å². The van der Waals surface area contributed by atoms with Crippen molar-refractivity contribution in [2.45, 2.75) is 51.3 Å². The van der Waals surface area contributed by atoms with Gasteiger partial charge in [0.05, 0.1) is 11.5 Å². The third-order valence-electron chi connectivity index (χ3n) is 3.87. The molecule has 0 spiro atoms. The number of nitrogens with one attached hydrogen (secondary N) is 2. The van der Waals surface area contributed by atoms with Gasteiger partial charge in [0, 0.05) is 12.5 Å². The quantitative estimate of drug-likeness (QED) is 0.802. The molecule has 2 N–H and O–H groups in total. The largest absolute Gasteiger partial charge is 0.444 e. The molecule has 0 aromatic heterocycles. The van der Waals surface area contributed by atoms with Crippen molar-refractivity contribution in [3.05, 3.63) is 35.9 Å². The van der Waals surface area contributed by atoms with Crippen LogP contribution in [-0.2, 0) is 25.8 Å². The Morgan fingerprint density at radius 2 is 1.88 bits per heavy atom. The normalized spacial score (nSPS) is 20.2. The zero-order valence-corrected chi connectivity index (χ0v) is 16.1. The van der Waals surface area contributed by atoms with Gasteiger partial charge in [-0.1, -0.05) is 30.3 Å². The second kappa shape index (κ2) is 8.07. The maximum absolute atomic E-state index is 12.6. The molecule has 1 saturated heterocycles. The lowest BCUT2D eigenvalue weighted by atomic mass is 10.0. The fourth-order valence-electron chi connectivity index (χ4n) is 2.72. The summed E-state index contributed by atoms with van der Waals surface area (Å²) in [4.78, 5) is 24.7. The van der Waals surface area contributed by atoms with Crippen molar-refractivity contribution in [3.8, 4) is 0 Å². The topological polar surface area (TPSA) is 102 Å². The summed E-state index contributed by atoms with van der Waals surface area (Å²) in [6, 6.07) is 8.00. The average molecular weight is 382 g/mol. The van der Waals surface area contributed by atoms with E-state index in [1.165, 1.54) is 0 Å². The van der Waals surface area contributed by atoms with Crippen LogP contribution < -0.4 is 10.6 Å². The first kappa shape index (κ1) is 20.2. The zero-order valence-electron chi connectivity index (χ0n) is 15.3. The summed E-state index contributed by atoms with van der Waals surface area (Å²) in [5.41, 5.74) is 0.194. The van der Waals surface area contributed by atoms with Gasteiger partial charge in [0.1, 0.15) is 11.6 Å². The number of ether oxygens (including phenoxy) is 1. The summed E-state index contributed by atoms with van der Waals surface area (Å²) in [6.45, 7) is 5.22. The van der Waals surface area contributed by atoms with Crippen molar-refractivity contribution in [2.24, 2.45) is 0 Å². The highest BCUT2D eigenvalue weighted by Gasteiger charge is 2.32. The van der Waals surface area contributed by atoms with E-state index in [4.69, 9.17) is 4.74 Å². The van der Waals surface area contributed by atoms with Crippen LogP contribution in [0.5, 0.6) is 0 Å². The zero-order chi connectivity index (χ0) is 19.4. The van der Waals surface area contributed by atoms with Crippen molar-refractivity contribution >= 4 is 21.8 Å². The molecular weight excluding hydrogens is 356 g/mol. The smallest absolute Gasteiger partial charge is 0.408 e. The van der Waals surface area contributed by atoms with E-state index in [1.54, 1.807) is 20.8 Å². The van der Waals surface area contributed by atoms with Crippen molar-refractivity contribution in [2.75, 3.05) is 11.5 Å². The molecule has 0 radical (unpaired) electrons. The minimum absolute atomic E-state index is 0.0662. The predicted molar refractivity (Wildman–Crippen MR) is 98.5 cm³/mol. The lowest BCUT2D eigenvalue weighted by Crippen LogP contribution is -2.51. The van der Waals surface area contributed by atoms with Crippen molar-refractivity contribution < 1.29 is 22.7 Å². The number of alkyl carbamates (subject to hydrolysis) is 1. The molecule has 144 valence electrons. The molecule has 2 rings (SSSR count). The maximum Gasteiger partial charge on any atom is 0.408 e. The monoisotopic (exact) mass is 382 g/mol. The van der Waals surface area contributed by atoms with Gasteiger partial charge in [-0.05, 0) is 32.8 Å². The van der Waals surface area contributed by atoms with E-state index in [2.05, 4.69) is 10.6 Å². The second-order valence-corrected chi connectivity index (χ2v) is 9.73. The first-order valence-corrected chi connectivity index (χ1v) is 10.4. The second-order valence-electron chi connectivity index (χ2n) is 7.50. The predicted octanol–water partition coefficient (Wildman–Crippen LogP) is 1.43. The molecule has 2 amide bonds. The molecule has 0 bridgehead atoms. The summed E-state index contributed by atoms with van der Waals surface area (Å²) in [6.07, 6.45) is -0.0168. The number of rotatable bonds is 5. The molecule has 7 nitrogen and oxygen atoms in total. The van der Waals surface area contributed by atoms with Gasteiger partial charge in [0.25, 0.3) is 0 Å². The van der Waals surface area contributed by atoms with E-state index in [-0.39, 0.29) is 17.9 Å². The fourth-order valence-corrected chi connectivity index (χ4v) is 4.39. The van der Waals surface area contributed by atoms with Crippen LogP contribution in [0, 0.1) is 0 Å². The highest BCUT2D eigenvalue weighted by atomic mass is 32.2. The van der Waals surface area contributed by atoms with Gasteiger partial charge in [0.15, 0.2) is 9.84 Å². The molecule has 1 aromatic rings. The molecule has 8 heteroatoms. The van der Waals surface area contributed by atoms with Gasteiger partial charge in [0.2, 0.25) is 5.91 Å². The Hall–Kier alpha value is -2.09. The summed E-state index contributed by atoms with van der Waals surface area (Å²) in [7, 11) is -3.10.